The standard InChI is InChI=1S/C7H13N3O3S2/c1-5(4-13-2)10-15(11,12)6-3-9-7(8)14-6/h3,5,10H,4H2,1-2H3,(H2,8,9)/t5-/m0/s1. The Kier molecular flexibility index (Phi) is 4.03. The van der Waals surface area contributed by atoms with Gasteiger partial charge in [0, 0.05) is 13.2 Å². The number of nitrogen functional groups attached to an aromatic ring is 1. The minimum absolute atomic E-state index is 0.114. The summed E-state index contributed by atoms with van der Waals surface area (Å²) in [5, 5.41) is 0.231. The highest BCUT2D eigenvalue weighted by atomic mass is 32.2. The van der Waals surface area contributed by atoms with Gasteiger partial charge in [-0.1, -0.05) is 11.3 Å². The molecule has 8 heteroatoms. The quantitative estimate of drug-likeness (QED) is 0.770. The van der Waals surface area contributed by atoms with Gasteiger partial charge in [-0.25, -0.2) is 18.1 Å². The molecule has 1 atom stereocenters. The van der Waals surface area contributed by atoms with Crippen LogP contribution in [-0.2, 0) is 14.8 Å². The maximum absolute atomic E-state index is 11.7. The first kappa shape index (κ1) is 12.4. The second kappa shape index (κ2) is 4.88. The maximum atomic E-state index is 11.7. The van der Waals surface area contributed by atoms with Crippen LogP contribution in [-0.4, -0.2) is 33.2 Å². The van der Waals surface area contributed by atoms with Gasteiger partial charge in [-0.2, -0.15) is 0 Å². The van der Waals surface area contributed by atoms with Gasteiger partial charge in [0.25, 0.3) is 10.0 Å². The highest BCUT2D eigenvalue weighted by molar-refractivity contribution is 7.91. The van der Waals surface area contributed by atoms with Crippen molar-refractivity contribution in [2.75, 3.05) is 19.5 Å². The van der Waals surface area contributed by atoms with Gasteiger partial charge in [-0.15, -0.1) is 0 Å². The number of methoxy groups -OCH3 is 1. The molecule has 0 amide bonds. The van der Waals surface area contributed by atoms with Crippen molar-refractivity contribution in [3.05, 3.63) is 6.20 Å². The molecule has 1 aromatic heterocycles. The summed E-state index contributed by atoms with van der Waals surface area (Å²) in [5.74, 6) is 0. The highest BCUT2D eigenvalue weighted by Crippen LogP contribution is 2.19. The number of anilines is 1. The summed E-state index contributed by atoms with van der Waals surface area (Å²) < 4.78 is 30.7. The third-order valence-corrected chi connectivity index (χ3v) is 4.42. The van der Waals surface area contributed by atoms with Gasteiger partial charge in [0.2, 0.25) is 0 Å². The molecule has 0 aliphatic rings. The van der Waals surface area contributed by atoms with Gasteiger partial charge in [0.1, 0.15) is 0 Å². The minimum atomic E-state index is -3.51. The third kappa shape index (κ3) is 3.42. The number of aromatic nitrogens is 1. The lowest BCUT2D eigenvalue weighted by molar-refractivity contribution is 0.180. The SMILES string of the molecule is COC[C@H](C)NS(=O)(=O)c1cnc(N)s1. The summed E-state index contributed by atoms with van der Waals surface area (Å²) in [6.07, 6.45) is 1.24. The molecule has 0 aliphatic carbocycles. The molecule has 3 N–H and O–H groups in total. The molecule has 0 aromatic carbocycles. The van der Waals surface area contributed by atoms with Crippen LogP contribution < -0.4 is 10.5 Å². The molecule has 1 rings (SSSR count). The van der Waals surface area contributed by atoms with Crippen LogP contribution in [0.1, 0.15) is 6.92 Å². The number of nitrogens with zero attached hydrogens (tertiary/aromatic N) is 1. The van der Waals surface area contributed by atoms with E-state index in [-0.39, 0.29) is 15.4 Å². The molecule has 0 spiro atoms. The Morgan fingerprint density at radius 1 is 1.73 bits per heavy atom. The fraction of sp³-hybridized carbons (Fsp3) is 0.571. The van der Waals surface area contributed by atoms with Gasteiger partial charge in [0.05, 0.1) is 12.8 Å². The molecule has 0 unspecified atom stereocenters. The molecule has 0 fully saturated rings. The minimum Gasteiger partial charge on any atom is -0.383 e. The summed E-state index contributed by atoms with van der Waals surface area (Å²) in [6.45, 7) is 2.03. The van der Waals surface area contributed by atoms with E-state index < -0.39 is 10.0 Å². The number of nitrogens with two attached hydrogens (primary N) is 1. The van der Waals surface area contributed by atoms with Gasteiger partial charge in [-0.05, 0) is 6.92 Å². The topological polar surface area (TPSA) is 94.3 Å². The second-order valence-corrected chi connectivity index (χ2v) is 6.00. The molecule has 0 radical (unpaired) electrons. The van der Waals surface area contributed by atoms with Crippen LogP contribution >= 0.6 is 11.3 Å². The third-order valence-electron chi connectivity index (χ3n) is 1.54. The molecule has 0 bridgehead atoms. The van der Waals surface area contributed by atoms with E-state index in [0.717, 1.165) is 11.3 Å². The normalized spacial score (nSPS) is 14.0. The van der Waals surface area contributed by atoms with Crippen molar-refractivity contribution in [2.45, 2.75) is 17.2 Å². The lowest BCUT2D eigenvalue weighted by Crippen LogP contribution is -2.35. The number of hydrogen-bond donors (Lipinski definition) is 2. The molecule has 0 saturated carbocycles. The fourth-order valence-electron chi connectivity index (χ4n) is 1.00. The van der Waals surface area contributed by atoms with Gasteiger partial charge in [-0.3, -0.25) is 0 Å². The largest absolute Gasteiger partial charge is 0.383 e. The van der Waals surface area contributed by atoms with Crippen molar-refractivity contribution < 1.29 is 13.2 Å². The Hall–Kier alpha value is -0.700. The lowest BCUT2D eigenvalue weighted by Gasteiger charge is -2.11. The van der Waals surface area contributed by atoms with Crippen molar-refractivity contribution in [3.63, 3.8) is 0 Å². The van der Waals surface area contributed by atoms with Crippen LogP contribution in [0, 0.1) is 0 Å². The Morgan fingerprint density at radius 3 is 2.87 bits per heavy atom. The molecule has 1 aromatic rings. The van der Waals surface area contributed by atoms with E-state index in [1.54, 1.807) is 6.92 Å². The number of rotatable bonds is 5. The first-order valence-electron chi connectivity index (χ1n) is 4.18. The molecule has 1 heterocycles. The van der Waals surface area contributed by atoms with Crippen LogP contribution in [0.2, 0.25) is 0 Å². The van der Waals surface area contributed by atoms with Crippen molar-refractivity contribution in [2.24, 2.45) is 0 Å². The number of thiazole rings is 1. The van der Waals surface area contributed by atoms with Gasteiger partial charge >= 0.3 is 0 Å². The van der Waals surface area contributed by atoms with Crippen molar-refractivity contribution >= 4 is 26.5 Å². The zero-order valence-electron chi connectivity index (χ0n) is 8.43. The van der Waals surface area contributed by atoms with Crippen LogP contribution in [0.25, 0.3) is 0 Å². The van der Waals surface area contributed by atoms with Crippen LogP contribution in [0.3, 0.4) is 0 Å². The summed E-state index contributed by atoms with van der Waals surface area (Å²) in [6, 6.07) is -0.289. The fourth-order valence-corrected chi connectivity index (χ4v) is 3.16. The van der Waals surface area contributed by atoms with E-state index in [2.05, 4.69) is 9.71 Å². The van der Waals surface area contributed by atoms with E-state index in [9.17, 15) is 8.42 Å². The molecule has 15 heavy (non-hydrogen) atoms. The number of hydrogen-bond acceptors (Lipinski definition) is 6. The van der Waals surface area contributed by atoms with Crippen molar-refractivity contribution in [1.82, 2.24) is 9.71 Å². The van der Waals surface area contributed by atoms with Crippen LogP contribution in [0.4, 0.5) is 5.13 Å². The monoisotopic (exact) mass is 251 g/mol. The molecule has 86 valence electrons. The predicted molar refractivity (Wildman–Crippen MR) is 58.2 cm³/mol. The highest BCUT2D eigenvalue weighted by Gasteiger charge is 2.19. The summed E-state index contributed by atoms with van der Waals surface area (Å²) >= 11 is 0.930. The van der Waals surface area contributed by atoms with E-state index in [4.69, 9.17) is 10.5 Å². The molecule has 0 aliphatic heterocycles. The Morgan fingerprint density at radius 2 is 2.40 bits per heavy atom. The second-order valence-electron chi connectivity index (χ2n) is 3.00. The van der Waals surface area contributed by atoms with Crippen LogP contribution in [0.15, 0.2) is 10.4 Å². The summed E-state index contributed by atoms with van der Waals surface area (Å²) in [5.41, 5.74) is 5.36. The predicted octanol–water partition coefficient (Wildman–Crippen LogP) is 0.0385. The average molecular weight is 251 g/mol. The van der Waals surface area contributed by atoms with E-state index >= 15 is 0 Å². The van der Waals surface area contributed by atoms with E-state index in [1.165, 1.54) is 13.3 Å². The summed E-state index contributed by atoms with van der Waals surface area (Å²) in [4.78, 5) is 3.68. The molecule has 6 nitrogen and oxygen atoms in total. The first-order chi connectivity index (χ1) is 6.95. The Labute approximate surface area is 92.5 Å². The number of sulfonamides is 1. The Balaban J connectivity index is 2.76. The maximum Gasteiger partial charge on any atom is 0.252 e. The zero-order chi connectivity index (χ0) is 11.5. The molecule has 0 saturated heterocycles. The van der Waals surface area contributed by atoms with E-state index in [0.29, 0.717) is 6.61 Å². The zero-order valence-corrected chi connectivity index (χ0v) is 10.1. The molecular formula is C7H13N3O3S2. The molecular weight excluding hydrogens is 238 g/mol. The van der Waals surface area contributed by atoms with Crippen molar-refractivity contribution in [3.8, 4) is 0 Å². The van der Waals surface area contributed by atoms with Gasteiger partial charge < -0.3 is 10.5 Å². The number of ether oxygens (including phenoxy) is 1. The average Bonchev–Trinajstić information content (AvgIpc) is 2.51. The lowest BCUT2D eigenvalue weighted by atomic mass is 10.4. The van der Waals surface area contributed by atoms with E-state index in [1.807, 2.05) is 0 Å². The smallest absolute Gasteiger partial charge is 0.252 e. The Bertz CT molecular complexity index is 415. The first-order valence-corrected chi connectivity index (χ1v) is 6.48. The van der Waals surface area contributed by atoms with Gasteiger partial charge in [0.15, 0.2) is 9.34 Å². The number of nitrogens with one attached hydrogen (secondary N) is 1. The van der Waals surface area contributed by atoms with Crippen molar-refractivity contribution in [1.29, 1.82) is 0 Å². The van der Waals surface area contributed by atoms with Crippen LogP contribution in [0.5, 0.6) is 0 Å². The summed E-state index contributed by atoms with van der Waals surface area (Å²) in [7, 11) is -2.01.